The van der Waals surface area contributed by atoms with Gasteiger partial charge in [0.1, 0.15) is 11.5 Å². The minimum atomic E-state index is -0.109. The number of carbonyl (C=O) groups excluding carboxylic acids is 1. The highest BCUT2D eigenvalue weighted by molar-refractivity contribution is 6.35. The molecule has 3 aromatic rings. The molecule has 1 aliphatic rings. The topological polar surface area (TPSA) is 74.8 Å². The fourth-order valence-corrected chi connectivity index (χ4v) is 3.39. The summed E-state index contributed by atoms with van der Waals surface area (Å²) in [6.07, 6.45) is 1.79. The number of aryl methyl sites for hydroxylation is 1. The molecule has 2 aromatic heterocycles. The number of para-hydroxylation sites is 1. The molecule has 1 N–H and O–H groups in total. The van der Waals surface area contributed by atoms with Crippen molar-refractivity contribution in [3.8, 4) is 0 Å². The van der Waals surface area contributed by atoms with Gasteiger partial charge in [0, 0.05) is 11.9 Å². The van der Waals surface area contributed by atoms with E-state index in [-0.39, 0.29) is 11.9 Å². The first kappa shape index (κ1) is 15.1. The zero-order valence-corrected chi connectivity index (χ0v) is 13.9. The molecule has 4 rings (SSSR count). The second-order valence-corrected chi connectivity index (χ2v) is 6.35. The Morgan fingerprint density at radius 1 is 1.29 bits per heavy atom. The second kappa shape index (κ2) is 5.87. The number of benzene rings is 1. The van der Waals surface area contributed by atoms with Crippen LogP contribution in [0.5, 0.6) is 0 Å². The van der Waals surface area contributed by atoms with Crippen molar-refractivity contribution in [2.75, 3.05) is 6.54 Å². The van der Waals surface area contributed by atoms with Gasteiger partial charge < -0.3 is 4.90 Å². The van der Waals surface area contributed by atoms with Gasteiger partial charge in [0.15, 0.2) is 5.82 Å². The molecule has 1 fully saturated rings. The number of likely N-dealkylation sites (tertiary alicyclic amines) is 1. The van der Waals surface area contributed by atoms with Crippen LogP contribution in [-0.2, 0) is 0 Å². The lowest BCUT2D eigenvalue weighted by Crippen LogP contribution is -2.31. The predicted molar refractivity (Wildman–Crippen MR) is 90.9 cm³/mol. The summed E-state index contributed by atoms with van der Waals surface area (Å²) in [4.78, 5) is 23.6. The summed E-state index contributed by atoms with van der Waals surface area (Å²) < 4.78 is 0. The first-order valence-electron chi connectivity index (χ1n) is 7.88. The van der Waals surface area contributed by atoms with E-state index in [1.807, 2.05) is 25.1 Å². The van der Waals surface area contributed by atoms with Crippen LogP contribution in [-0.4, -0.2) is 37.5 Å². The fraction of sp³-hybridized carbons (Fsp3) is 0.294. The van der Waals surface area contributed by atoms with Crippen molar-refractivity contribution in [3.05, 3.63) is 52.7 Å². The Morgan fingerprint density at radius 2 is 2.17 bits per heavy atom. The third-order valence-corrected chi connectivity index (χ3v) is 4.62. The molecule has 0 saturated carbocycles. The maximum atomic E-state index is 12.9. The molecule has 6 nitrogen and oxygen atoms in total. The minimum Gasteiger partial charge on any atom is -0.327 e. The maximum Gasteiger partial charge on any atom is 0.273 e. The zero-order chi connectivity index (χ0) is 16.7. The number of pyridine rings is 1. The maximum absolute atomic E-state index is 12.9. The number of nitrogens with one attached hydrogen (secondary N) is 1. The summed E-state index contributed by atoms with van der Waals surface area (Å²) in [5, 5.41) is 8.53. The zero-order valence-electron chi connectivity index (χ0n) is 13.2. The molecule has 1 amide bonds. The van der Waals surface area contributed by atoms with Crippen LogP contribution in [0.4, 0.5) is 0 Å². The van der Waals surface area contributed by atoms with Gasteiger partial charge in [-0.1, -0.05) is 29.8 Å². The number of hydrogen-bond acceptors (Lipinski definition) is 4. The van der Waals surface area contributed by atoms with Crippen molar-refractivity contribution in [2.24, 2.45) is 0 Å². The van der Waals surface area contributed by atoms with Crippen molar-refractivity contribution in [3.63, 3.8) is 0 Å². The first-order chi connectivity index (χ1) is 11.6. The fourth-order valence-electron chi connectivity index (χ4n) is 3.16. The monoisotopic (exact) mass is 341 g/mol. The van der Waals surface area contributed by atoms with Gasteiger partial charge in [-0.15, -0.1) is 0 Å². The summed E-state index contributed by atoms with van der Waals surface area (Å²) in [5.74, 6) is 1.30. The smallest absolute Gasteiger partial charge is 0.273 e. The van der Waals surface area contributed by atoms with Crippen molar-refractivity contribution < 1.29 is 4.79 Å². The van der Waals surface area contributed by atoms with E-state index in [4.69, 9.17) is 11.6 Å². The molecule has 0 spiro atoms. The normalized spacial score (nSPS) is 17.6. The summed E-state index contributed by atoms with van der Waals surface area (Å²) in [6.45, 7) is 2.53. The van der Waals surface area contributed by atoms with E-state index in [2.05, 4.69) is 20.2 Å². The molecule has 0 aliphatic carbocycles. The highest BCUT2D eigenvalue weighted by Crippen LogP contribution is 2.31. The van der Waals surface area contributed by atoms with Gasteiger partial charge in [-0.2, -0.15) is 5.10 Å². The number of hydrogen-bond donors (Lipinski definition) is 1. The lowest BCUT2D eigenvalue weighted by Gasteiger charge is -2.22. The van der Waals surface area contributed by atoms with Gasteiger partial charge in [0.05, 0.1) is 16.6 Å². The van der Waals surface area contributed by atoms with Crippen molar-refractivity contribution in [2.45, 2.75) is 25.8 Å². The van der Waals surface area contributed by atoms with E-state index >= 15 is 0 Å². The Balaban J connectivity index is 1.68. The Labute approximate surface area is 143 Å². The Morgan fingerprint density at radius 3 is 2.96 bits per heavy atom. The molecule has 1 atom stereocenters. The van der Waals surface area contributed by atoms with Crippen molar-refractivity contribution >= 4 is 28.4 Å². The predicted octanol–water partition coefficient (Wildman–Crippen LogP) is 3.29. The van der Waals surface area contributed by atoms with E-state index in [1.165, 1.54) is 0 Å². The second-order valence-electron chi connectivity index (χ2n) is 5.94. The number of halogens is 1. The van der Waals surface area contributed by atoms with Crippen LogP contribution in [0.1, 0.15) is 41.0 Å². The first-order valence-corrected chi connectivity index (χ1v) is 8.26. The van der Waals surface area contributed by atoms with E-state index in [0.717, 1.165) is 24.1 Å². The molecule has 122 valence electrons. The molecule has 1 saturated heterocycles. The van der Waals surface area contributed by atoms with Gasteiger partial charge in [0.2, 0.25) is 0 Å². The van der Waals surface area contributed by atoms with E-state index in [0.29, 0.717) is 28.6 Å². The van der Waals surface area contributed by atoms with Crippen LogP contribution < -0.4 is 0 Å². The number of rotatable bonds is 2. The van der Waals surface area contributed by atoms with E-state index in [9.17, 15) is 4.79 Å². The number of fused-ring (bicyclic) bond motifs is 1. The van der Waals surface area contributed by atoms with E-state index < -0.39 is 0 Å². The molecular weight excluding hydrogens is 326 g/mol. The largest absolute Gasteiger partial charge is 0.327 e. The summed E-state index contributed by atoms with van der Waals surface area (Å²) in [7, 11) is 0. The highest BCUT2D eigenvalue weighted by Gasteiger charge is 2.33. The van der Waals surface area contributed by atoms with Crippen LogP contribution in [0.2, 0.25) is 5.02 Å². The molecule has 24 heavy (non-hydrogen) atoms. The Kier molecular flexibility index (Phi) is 3.69. The van der Waals surface area contributed by atoms with Gasteiger partial charge >= 0.3 is 0 Å². The van der Waals surface area contributed by atoms with Crippen LogP contribution in [0.15, 0.2) is 30.3 Å². The van der Waals surface area contributed by atoms with E-state index in [1.54, 1.807) is 17.0 Å². The van der Waals surface area contributed by atoms with Gasteiger partial charge in [-0.05, 0) is 31.9 Å². The van der Waals surface area contributed by atoms with Gasteiger partial charge in [0.25, 0.3) is 5.91 Å². The lowest BCUT2D eigenvalue weighted by atomic mass is 10.1. The summed E-state index contributed by atoms with van der Waals surface area (Å²) in [5.41, 5.74) is 1.05. The highest BCUT2D eigenvalue weighted by atomic mass is 35.5. The molecule has 0 radical (unpaired) electrons. The Hall–Kier alpha value is -2.47. The number of carbonyl (C=O) groups is 1. The van der Waals surface area contributed by atoms with Crippen LogP contribution >= 0.6 is 11.6 Å². The van der Waals surface area contributed by atoms with Gasteiger partial charge in [-0.25, -0.2) is 9.97 Å². The molecule has 0 bridgehead atoms. The lowest BCUT2D eigenvalue weighted by molar-refractivity contribution is 0.0724. The standard InChI is InChI=1S/C17H16ClN5O/c1-10-19-16(22-21-10)14-6-3-9-23(14)17(24)13-8-7-11-4-2-5-12(18)15(11)20-13/h2,4-5,7-8,14H,3,6,9H2,1H3,(H,19,21,22)/t14-/m0/s1. The average molecular weight is 342 g/mol. The van der Waals surface area contributed by atoms with Crippen LogP contribution in [0.3, 0.4) is 0 Å². The number of nitrogens with zero attached hydrogens (tertiary/aromatic N) is 4. The summed E-state index contributed by atoms with van der Waals surface area (Å²) >= 11 is 6.21. The quantitative estimate of drug-likeness (QED) is 0.776. The van der Waals surface area contributed by atoms with Crippen molar-refractivity contribution in [1.29, 1.82) is 0 Å². The number of aromatic nitrogens is 4. The average Bonchev–Trinajstić information content (AvgIpc) is 3.23. The number of amides is 1. The van der Waals surface area contributed by atoms with Gasteiger partial charge in [-0.3, -0.25) is 9.89 Å². The molecule has 1 aromatic carbocycles. The molecule has 7 heteroatoms. The number of aromatic amines is 1. The molecule has 0 unspecified atom stereocenters. The van der Waals surface area contributed by atoms with Crippen LogP contribution in [0, 0.1) is 6.92 Å². The molecular formula is C17H16ClN5O. The van der Waals surface area contributed by atoms with Crippen LogP contribution in [0.25, 0.3) is 10.9 Å². The molecule has 1 aliphatic heterocycles. The third-order valence-electron chi connectivity index (χ3n) is 4.32. The number of H-pyrrole nitrogens is 1. The SMILES string of the molecule is Cc1nc([C@@H]2CCCN2C(=O)c2ccc3cccc(Cl)c3n2)n[nH]1. The Bertz CT molecular complexity index is 922. The third kappa shape index (κ3) is 2.53. The van der Waals surface area contributed by atoms with Crippen molar-refractivity contribution in [1.82, 2.24) is 25.1 Å². The summed E-state index contributed by atoms with van der Waals surface area (Å²) in [6, 6.07) is 9.10. The minimum absolute atomic E-state index is 0.105. The molecule has 3 heterocycles.